The van der Waals surface area contributed by atoms with Gasteiger partial charge in [-0.15, -0.1) is 0 Å². The molecule has 1 heterocycles. The van der Waals surface area contributed by atoms with E-state index in [4.69, 9.17) is 14.2 Å². The lowest BCUT2D eigenvalue weighted by Crippen LogP contribution is -2.50. The Morgan fingerprint density at radius 1 is 1.30 bits per heavy atom. The largest absolute Gasteiger partial charge is 0.481 e. The van der Waals surface area contributed by atoms with E-state index in [9.17, 15) is 14.3 Å². The summed E-state index contributed by atoms with van der Waals surface area (Å²) in [6, 6.07) is 0.942. The summed E-state index contributed by atoms with van der Waals surface area (Å²) in [5.74, 6) is -1.43. The van der Waals surface area contributed by atoms with E-state index in [1.807, 2.05) is 0 Å². The van der Waals surface area contributed by atoms with Crippen LogP contribution in [-0.4, -0.2) is 59.9 Å². The van der Waals surface area contributed by atoms with Gasteiger partial charge in [0, 0.05) is 0 Å². The number of ether oxygens (including phenoxy) is 3. The highest BCUT2D eigenvalue weighted by Gasteiger charge is 2.46. The summed E-state index contributed by atoms with van der Waals surface area (Å²) in [4.78, 5) is 23.5. The van der Waals surface area contributed by atoms with Gasteiger partial charge < -0.3 is 24.2 Å². The molecule has 0 saturated carbocycles. The average molecular weight is 331 g/mol. The van der Waals surface area contributed by atoms with Gasteiger partial charge in [0.2, 0.25) is 17.9 Å². The Morgan fingerprint density at radius 2 is 1.83 bits per heavy atom. The molecule has 0 aliphatic rings. The van der Waals surface area contributed by atoms with Crippen molar-refractivity contribution in [2.24, 2.45) is 5.16 Å². The van der Waals surface area contributed by atoms with Crippen molar-refractivity contribution in [2.75, 3.05) is 21.3 Å². The lowest BCUT2D eigenvalue weighted by Gasteiger charge is -2.26. The fraction of sp³-hybridized carbons (Fsp3) is 0.538. The topological polar surface area (TPSA) is 112 Å². The van der Waals surface area contributed by atoms with Gasteiger partial charge in [0.15, 0.2) is 5.67 Å². The number of aliphatic carboxylic acids is 1. The fourth-order valence-corrected chi connectivity index (χ4v) is 1.56. The molecule has 0 aliphatic carbocycles. The number of nitrogens with zero attached hydrogens (tertiary/aromatic N) is 3. The number of alkyl halides is 1. The van der Waals surface area contributed by atoms with E-state index in [1.54, 1.807) is 0 Å². The van der Waals surface area contributed by atoms with Crippen LogP contribution in [0.15, 0.2) is 11.2 Å². The first kappa shape index (κ1) is 18.4. The molecule has 1 aromatic heterocycles. The predicted molar refractivity (Wildman–Crippen MR) is 76.8 cm³/mol. The van der Waals surface area contributed by atoms with Gasteiger partial charge in [-0.25, -0.2) is 9.18 Å². The van der Waals surface area contributed by atoms with Crippen LogP contribution in [-0.2, 0) is 9.63 Å². The molecule has 1 rings (SSSR count). The molecular weight excluding hydrogens is 313 g/mol. The number of hydrogen-bond acceptors (Lipinski definition) is 8. The van der Waals surface area contributed by atoms with E-state index in [2.05, 4.69) is 20.0 Å². The molecule has 0 fully saturated rings. The lowest BCUT2D eigenvalue weighted by atomic mass is 9.96. The van der Waals surface area contributed by atoms with Gasteiger partial charge in [-0.1, -0.05) is 5.16 Å². The number of halogens is 1. The number of rotatable bonds is 8. The van der Waals surface area contributed by atoms with Gasteiger partial charge in [0.05, 0.1) is 26.0 Å². The number of methoxy groups -OCH3 is 2. The van der Waals surface area contributed by atoms with Crippen LogP contribution in [0.1, 0.15) is 13.8 Å². The highest BCUT2D eigenvalue weighted by Crippen LogP contribution is 2.25. The maximum atomic E-state index is 14.8. The zero-order chi connectivity index (χ0) is 17.6. The van der Waals surface area contributed by atoms with Crippen molar-refractivity contribution in [1.29, 1.82) is 0 Å². The van der Waals surface area contributed by atoms with Crippen LogP contribution in [0.25, 0.3) is 0 Å². The molecule has 0 spiro atoms. The summed E-state index contributed by atoms with van der Waals surface area (Å²) < 4.78 is 29.7. The van der Waals surface area contributed by atoms with E-state index in [0.717, 1.165) is 6.92 Å². The van der Waals surface area contributed by atoms with E-state index < -0.39 is 23.8 Å². The molecule has 0 saturated heterocycles. The molecule has 23 heavy (non-hydrogen) atoms. The van der Waals surface area contributed by atoms with Gasteiger partial charge in [0.25, 0.3) is 0 Å². The van der Waals surface area contributed by atoms with Gasteiger partial charge >= 0.3 is 12.0 Å². The number of carbonyl (C=O) groups is 1. The van der Waals surface area contributed by atoms with Crippen LogP contribution in [0.4, 0.5) is 4.39 Å². The van der Waals surface area contributed by atoms with Gasteiger partial charge in [-0.3, -0.25) is 0 Å². The van der Waals surface area contributed by atoms with Crippen LogP contribution in [0.2, 0.25) is 0 Å². The first-order chi connectivity index (χ1) is 10.8. The molecule has 0 aromatic carbocycles. The second kappa shape index (κ2) is 7.56. The number of aromatic nitrogens is 2. The van der Waals surface area contributed by atoms with Crippen molar-refractivity contribution in [3.8, 4) is 17.8 Å². The Labute approximate surface area is 132 Å². The van der Waals surface area contributed by atoms with Crippen LogP contribution < -0.4 is 14.2 Å². The van der Waals surface area contributed by atoms with E-state index in [1.165, 1.54) is 34.3 Å². The molecule has 9 nitrogen and oxygen atoms in total. The number of hydrogen-bond donors (Lipinski definition) is 1. The van der Waals surface area contributed by atoms with Crippen molar-refractivity contribution in [1.82, 2.24) is 9.97 Å². The Bertz CT molecular complexity index is 571. The SMILES string of the molecule is CON=C(C)C(C)(F)C(Oc1nc(OC)cc(OC)n1)C(=O)O. The van der Waals surface area contributed by atoms with E-state index >= 15 is 0 Å². The van der Waals surface area contributed by atoms with Gasteiger partial charge in [-0.2, -0.15) is 9.97 Å². The van der Waals surface area contributed by atoms with Crippen LogP contribution in [0.5, 0.6) is 17.8 Å². The molecule has 128 valence electrons. The molecule has 1 aromatic rings. The molecule has 0 aliphatic heterocycles. The maximum Gasteiger partial charge on any atom is 0.348 e. The minimum absolute atomic E-state index is 0.0684. The van der Waals surface area contributed by atoms with E-state index in [-0.39, 0.29) is 17.5 Å². The molecule has 1 N–H and O–H groups in total. The third-order valence-electron chi connectivity index (χ3n) is 2.95. The summed E-state index contributed by atoms with van der Waals surface area (Å²) in [7, 11) is 3.90. The Kier molecular flexibility index (Phi) is 6.05. The zero-order valence-electron chi connectivity index (χ0n) is 13.4. The summed E-state index contributed by atoms with van der Waals surface area (Å²) >= 11 is 0. The van der Waals surface area contributed by atoms with E-state index in [0.29, 0.717) is 0 Å². The number of oxime groups is 1. The third kappa shape index (κ3) is 4.41. The van der Waals surface area contributed by atoms with Gasteiger partial charge in [-0.05, 0) is 13.8 Å². The van der Waals surface area contributed by atoms with Crippen molar-refractivity contribution >= 4 is 11.7 Å². The summed E-state index contributed by atoms with van der Waals surface area (Å²) in [6.45, 7) is 2.27. The zero-order valence-corrected chi connectivity index (χ0v) is 13.4. The molecule has 0 bridgehead atoms. The summed E-state index contributed by atoms with van der Waals surface area (Å²) in [5, 5.41) is 12.7. The molecule has 0 amide bonds. The minimum Gasteiger partial charge on any atom is -0.481 e. The second-order valence-corrected chi connectivity index (χ2v) is 4.51. The third-order valence-corrected chi connectivity index (χ3v) is 2.95. The Morgan fingerprint density at radius 3 is 2.22 bits per heavy atom. The predicted octanol–water partition coefficient (Wildman–Crippen LogP) is 1.08. The van der Waals surface area contributed by atoms with Crippen molar-refractivity contribution in [2.45, 2.75) is 25.6 Å². The van der Waals surface area contributed by atoms with Crippen molar-refractivity contribution in [3.63, 3.8) is 0 Å². The Balaban J connectivity index is 3.19. The molecule has 2 unspecified atom stereocenters. The quantitative estimate of drug-likeness (QED) is 0.556. The first-order valence-corrected chi connectivity index (χ1v) is 6.39. The highest BCUT2D eigenvalue weighted by atomic mass is 19.1. The van der Waals surface area contributed by atoms with Crippen molar-refractivity contribution in [3.05, 3.63) is 6.07 Å². The second-order valence-electron chi connectivity index (χ2n) is 4.51. The molecule has 0 radical (unpaired) electrons. The van der Waals surface area contributed by atoms with Crippen LogP contribution in [0.3, 0.4) is 0 Å². The minimum atomic E-state index is -2.47. The summed E-state index contributed by atoms with van der Waals surface area (Å²) in [5.41, 5.74) is -2.69. The fourth-order valence-electron chi connectivity index (χ4n) is 1.56. The molecule has 10 heteroatoms. The maximum absolute atomic E-state index is 14.8. The normalized spacial score (nSPS) is 15.3. The van der Waals surface area contributed by atoms with Crippen molar-refractivity contribution < 1.29 is 33.3 Å². The standard InChI is InChI=1S/C13H18FN3O6/c1-7(17-22-5)13(2,14)10(11(18)19)23-12-15-8(20-3)6-9(16-12)21-4/h6,10H,1-5H3,(H,18,19). The average Bonchev–Trinajstić information content (AvgIpc) is 2.51. The monoisotopic (exact) mass is 331 g/mol. The number of carboxylic acid groups (broad SMARTS) is 1. The first-order valence-electron chi connectivity index (χ1n) is 6.39. The molecular formula is C13H18FN3O6. The number of carboxylic acids is 1. The molecule has 2 atom stereocenters. The smallest absolute Gasteiger partial charge is 0.348 e. The van der Waals surface area contributed by atoms with Crippen LogP contribution in [0, 0.1) is 0 Å². The van der Waals surface area contributed by atoms with Crippen LogP contribution >= 0.6 is 0 Å². The lowest BCUT2D eigenvalue weighted by molar-refractivity contribution is -0.150. The Hall–Kier alpha value is -2.65. The summed E-state index contributed by atoms with van der Waals surface area (Å²) in [6.07, 6.45) is -1.96. The highest BCUT2D eigenvalue weighted by molar-refractivity contribution is 5.95. The van der Waals surface area contributed by atoms with Gasteiger partial charge in [0.1, 0.15) is 7.11 Å².